The molecule has 24 heavy (non-hydrogen) atoms. The second-order valence-corrected chi connectivity index (χ2v) is 6.32. The third-order valence-corrected chi connectivity index (χ3v) is 4.21. The molecule has 4 heteroatoms. The molecule has 0 bridgehead atoms. The maximum absolute atomic E-state index is 12.5. The number of hydrogen-bond donors (Lipinski definition) is 1. The van der Waals surface area contributed by atoms with Crippen molar-refractivity contribution in [1.29, 1.82) is 0 Å². The first-order chi connectivity index (χ1) is 11.6. The Kier molecular flexibility index (Phi) is 5.16. The summed E-state index contributed by atoms with van der Waals surface area (Å²) in [4.78, 5) is 14.4. The molecule has 1 N–H and O–H groups in total. The third-order valence-electron chi connectivity index (χ3n) is 4.21. The van der Waals surface area contributed by atoms with Gasteiger partial charge in [0.2, 0.25) is 5.91 Å². The van der Waals surface area contributed by atoms with E-state index in [-0.39, 0.29) is 18.1 Å². The van der Waals surface area contributed by atoms with Gasteiger partial charge in [-0.05, 0) is 25.5 Å². The minimum Gasteiger partial charge on any atom is -0.376 e. The first kappa shape index (κ1) is 16.5. The fourth-order valence-corrected chi connectivity index (χ4v) is 3.17. The number of ether oxygens (including phenoxy) is 1. The van der Waals surface area contributed by atoms with E-state index in [1.807, 2.05) is 55.1 Å². The van der Waals surface area contributed by atoms with Crippen LogP contribution in [-0.2, 0) is 9.53 Å². The zero-order valence-corrected chi connectivity index (χ0v) is 14.2. The quantitative estimate of drug-likeness (QED) is 0.937. The van der Waals surface area contributed by atoms with E-state index in [0.717, 1.165) is 16.8 Å². The lowest BCUT2D eigenvalue weighted by Gasteiger charge is -2.35. The SMILES string of the molecule is CC1CN(C(=O)CNc2ccccc2-c2ccccc2)CC(C)O1. The monoisotopic (exact) mass is 324 g/mol. The van der Waals surface area contributed by atoms with Gasteiger partial charge in [-0.15, -0.1) is 0 Å². The van der Waals surface area contributed by atoms with E-state index in [2.05, 4.69) is 23.5 Å². The lowest BCUT2D eigenvalue weighted by molar-refractivity contribution is -0.141. The first-order valence-electron chi connectivity index (χ1n) is 8.45. The lowest BCUT2D eigenvalue weighted by Crippen LogP contribution is -2.49. The Bertz CT molecular complexity index is 677. The smallest absolute Gasteiger partial charge is 0.242 e. The lowest BCUT2D eigenvalue weighted by atomic mass is 10.0. The average Bonchev–Trinajstić information content (AvgIpc) is 2.60. The van der Waals surface area contributed by atoms with Crippen LogP contribution in [0.2, 0.25) is 0 Å². The van der Waals surface area contributed by atoms with Crippen LogP contribution in [0.5, 0.6) is 0 Å². The highest BCUT2D eigenvalue weighted by atomic mass is 16.5. The molecule has 1 saturated heterocycles. The second-order valence-electron chi connectivity index (χ2n) is 6.32. The topological polar surface area (TPSA) is 41.6 Å². The number of anilines is 1. The van der Waals surface area contributed by atoms with Crippen LogP contribution in [0.4, 0.5) is 5.69 Å². The van der Waals surface area contributed by atoms with Gasteiger partial charge in [-0.25, -0.2) is 0 Å². The van der Waals surface area contributed by atoms with Crippen LogP contribution in [0, 0.1) is 0 Å². The number of benzene rings is 2. The second kappa shape index (κ2) is 7.49. The summed E-state index contributed by atoms with van der Waals surface area (Å²) in [5.41, 5.74) is 3.22. The molecule has 1 heterocycles. The molecule has 1 amide bonds. The Hall–Kier alpha value is -2.33. The van der Waals surface area contributed by atoms with E-state index in [4.69, 9.17) is 4.74 Å². The molecule has 4 nitrogen and oxygen atoms in total. The Balaban J connectivity index is 1.68. The number of nitrogens with zero attached hydrogens (tertiary/aromatic N) is 1. The number of rotatable bonds is 4. The molecule has 0 radical (unpaired) electrons. The van der Waals surface area contributed by atoms with Crippen LogP contribution in [0.1, 0.15) is 13.8 Å². The molecule has 2 aromatic rings. The van der Waals surface area contributed by atoms with Crippen LogP contribution in [-0.4, -0.2) is 42.6 Å². The maximum Gasteiger partial charge on any atom is 0.242 e. The number of hydrogen-bond acceptors (Lipinski definition) is 3. The highest BCUT2D eigenvalue weighted by Crippen LogP contribution is 2.27. The van der Waals surface area contributed by atoms with Crippen molar-refractivity contribution in [3.05, 3.63) is 54.6 Å². The standard InChI is InChI=1S/C20H24N2O2/c1-15-13-22(14-16(2)24-15)20(23)12-21-19-11-7-6-10-18(19)17-8-4-3-5-9-17/h3-11,15-16,21H,12-14H2,1-2H3. The maximum atomic E-state index is 12.5. The molecular weight excluding hydrogens is 300 g/mol. The van der Waals surface area contributed by atoms with Gasteiger partial charge in [0.1, 0.15) is 0 Å². The van der Waals surface area contributed by atoms with Crippen LogP contribution >= 0.6 is 0 Å². The van der Waals surface area contributed by atoms with Crippen molar-refractivity contribution in [2.24, 2.45) is 0 Å². The van der Waals surface area contributed by atoms with E-state index in [1.54, 1.807) is 0 Å². The Morgan fingerprint density at radius 1 is 1.04 bits per heavy atom. The van der Waals surface area contributed by atoms with Crippen molar-refractivity contribution in [3.8, 4) is 11.1 Å². The predicted molar refractivity (Wildman–Crippen MR) is 97.0 cm³/mol. The van der Waals surface area contributed by atoms with E-state index in [1.165, 1.54) is 0 Å². The largest absolute Gasteiger partial charge is 0.376 e. The molecule has 3 rings (SSSR count). The summed E-state index contributed by atoms with van der Waals surface area (Å²) in [6.45, 7) is 5.63. The van der Waals surface area contributed by atoms with E-state index in [9.17, 15) is 4.79 Å². The summed E-state index contributed by atoms with van der Waals surface area (Å²) in [6.07, 6.45) is 0.184. The van der Waals surface area contributed by atoms with Gasteiger partial charge in [-0.3, -0.25) is 4.79 Å². The van der Waals surface area contributed by atoms with Gasteiger partial charge in [-0.1, -0.05) is 48.5 Å². The van der Waals surface area contributed by atoms with Crippen molar-refractivity contribution in [3.63, 3.8) is 0 Å². The summed E-state index contributed by atoms with van der Waals surface area (Å²) in [6, 6.07) is 18.3. The number of morpholine rings is 1. The van der Waals surface area contributed by atoms with Crippen molar-refractivity contribution in [1.82, 2.24) is 4.90 Å². The van der Waals surface area contributed by atoms with Gasteiger partial charge in [0.25, 0.3) is 0 Å². The van der Waals surface area contributed by atoms with E-state index >= 15 is 0 Å². The van der Waals surface area contributed by atoms with Crippen LogP contribution in [0.25, 0.3) is 11.1 Å². The summed E-state index contributed by atoms with van der Waals surface area (Å²) in [5.74, 6) is 0.111. The van der Waals surface area contributed by atoms with Gasteiger partial charge in [0, 0.05) is 24.3 Å². The zero-order valence-electron chi connectivity index (χ0n) is 14.2. The predicted octanol–water partition coefficient (Wildman–Crippen LogP) is 3.40. The average molecular weight is 324 g/mol. The molecule has 1 aliphatic rings. The van der Waals surface area contributed by atoms with Gasteiger partial charge in [0.05, 0.1) is 18.8 Å². The van der Waals surface area contributed by atoms with Crippen molar-refractivity contribution in [2.45, 2.75) is 26.1 Å². The Labute approximate surface area is 143 Å². The van der Waals surface area contributed by atoms with Crippen molar-refractivity contribution >= 4 is 11.6 Å². The van der Waals surface area contributed by atoms with Gasteiger partial charge >= 0.3 is 0 Å². The molecule has 2 unspecified atom stereocenters. The zero-order chi connectivity index (χ0) is 16.9. The third kappa shape index (κ3) is 3.95. The first-order valence-corrected chi connectivity index (χ1v) is 8.45. The fourth-order valence-electron chi connectivity index (χ4n) is 3.17. The Morgan fingerprint density at radius 2 is 1.67 bits per heavy atom. The summed E-state index contributed by atoms with van der Waals surface area (Å²) >= 11 is 0. The number of nitrogens with one attached hydrogen (secondary N) is 1. The minimum absolute atomic E-state index is 0.0919. The minimum atomic E-state index is 0.0919. The van der Waals surface area contributed by atoms with Gasteiger partial charge in [-0.2, -0.15) is 0 Å². The fraction of sp³-hybridized carbons (Fsp3) is 0.350. The number of amides is 1. The van der Waals surface area contributed by atoms with Crippen molar-refractivity contribution < 1.29 is 9.53 Å². The molecule has 0 aromatic heterocycles. The van der Waals surface area contributed by atoms with Crippen LogP contribution in [0.3, 0.4) is 0 Å². The number of carbonyl (C=O) groups excluding carboxylic acids is 1. The highest BCUT2D eigenvalue weighted by Gasteiger charge is 2.25. The molecule has 0 saturated carbocycles. The summed E-state index contributed by atoms with van der Waals surface area (Å²) in [7, 11) is 0. The molecule has 0 aliphatic carbocycles. The van der Waals surface area contributed by atoms with Gasteiger partial charge in [0.15, 0.2) is 0 Å². The van der Waals surface area contributed by atoms with Gasteiger partial charge < -0.3 is 15.0 Å². The molecule has 1 fully saturated rings. The normalized spacial score (nSPS) is 20.7. The molecule has 0 spiro atoms. The summed E-state index contributed by atoms with van der Waals surface area (Å²) < 4.78 is 5.69. The van der Waals surface area contributed by atoms with E-state index < -0.39 is 0 Å². The molecule has 1 aliphatic heterocycles. The molecule has 2 atom stereocenters. The van der Waals surface area contributed by atoms with Crippen LogP contribution in [0.15, 0.2) is 54.6 Å². The number of carbonyl (C=O) groups is 1. The number of para-hydroxylation sites is 1. The van der Waals surface area contributed by atoms with E-state index in [0.29, 0.717) is 19.6 Å². The summed E-state index contributed by atoms with van der Waals surface area (Å²) in [5, 5.41) is 3.31. The Morgan fingerprint density at radius 3 is 2.38 bits per heavy atom. The molecular formula is C20H24N2O2. The molecule has 126 valence electrons. The highest BCUT2D eigenvalue weighted by molar-refractivity contribution is 5.84. The van der Waals surface area contributed by atoms with Crippen molar-refractivity contribution in [2.75, 3.05) is 25.0 Å². The van der Waals surface area contributed by atoms with Crippen LogP contribution < -0.4 is 5.32 Å². The molecule has 2 aromatic carbocycles.